The van der Waals surface area contributed by atoms with Gasteiger partial charge in [0.1, 0.15) is 6.29 Å². The van der Waals surface area contributed by atoms with E-state index in [2.05, 4.69) is 13.0 Å². The van der Waals surface area contributed by atoms with Crippen LogP contribution in [0.2, 0.25) is 0 Å². The summed E-state index contributed by atoms with van der Waals surface area (Å²) in [4.78, 5) is 30.4. The Bertz CT molecular complexity index is 533. The van der Waals surface area contributed by atoms with Crippen molar-refractivity contribution in [3.05, 3.63) is 45.6 Å². The maximum Gasteiger partial charge on any atom is 0.328 e. The molecular weight excluding hydrogens is 298 g/mol. The lowest BCUT2D eigenvalue weighted by Crippen LogP contribution is -2.22. The number of carbonyl (C=O) groups is 2. The maximum atomic E-state index is 10.3. The van der Waals surface area contributed by atoms with Crippen LogP contribution >= 0.6 is 0 Å². The first kappa shape index (κ1) is 18.8. The molecule has 0 saturated carbocycles. The molecule has 0 amide bonds. The molecule has 0 spiro atoms. The summed E-state index contributed by atoms with van der Waals surface area (Å²) in [5.74, 6) is -0.169. The Morgan fingerprint density at radius 1 is 1.26 bits per heavy atom. The Hall–Kier alpha value is -2.24. The van der Waals surface area contributed by atoms with Crippen LogP contribution in [0.4, 0.5) is 0 Å². The van der Waals surface area contributed by atoms with Crippen LogP contribution < -0.4 is 0 Å². The number of rotatable bonds is 4. The van der Waals surface area contributed by atoms with Crippen molar-refractivity contribution >= 4 is 12.3 Å². The number of nitrogens with zero attached hydrogens (tertiary/aromatic N) is 1. The van der Waals surface area contributed by atoms with Crippen LogP contribution in [0.3, 0.4) is 0 Å². The van der Waals surface area contributed by atoms with E-state index in [-0.39, 0.29) is 4.92 Å². The Kier molecular flexibility index (Phi) is 7.94. The van der Waals surface area contributed by atoms with E-state index in [1.165, 1.54) is 12.5 Å². The molecule has 0 heterocycles. The minimum Gasteiger partial charge on any atom is -0.478 e. The molecule has 6 nitrogen and oxygen atoms in total. The van der Waals surface area contributed by atoms with Crippen LogP contribution in [0.15, 0.2) is 35.5 Å². The molecule has 0 fully saturated rings. The van der Waals surface area contributed by atoms with E-state index < -0.39 is 12.0 Å². The number of carboxylic acid groups (broad SMARTS) is 1. The van der Waals surface area contributed by atoms with Gasteiger partial charge in [-0.25, -0.2) is 4.79 Å². The second kappa shape index (κ2) is 9.71. The molecule has 0 radical (unpaired) electrons. The second-order valence-electron chi connectivity index (χ2n) is 5.95. The third-order valence-electron chi connectivity index (χ3n) is 3.92. The predicted molar refractivity (Wildman–Crippen MR) is 86.7 cm³/mol. The molecule has 2 unspecified atom stereocenters. The van der Waals surface area contributed by atoms with E-state index in [0.717, 1.165) is 18.4 Å². The zero-order chi connectivity index (χ0) is 17.2. The van der Waals surface area contributed by atoms with Gasteiger partial charge in [0.25, 0.3) is 0 Å². The predicted octanol–water partition coefficient (Wildman–Crippen LogP) is 3.31. The van der Waals surface area contributed by atoms with Crippen molar-refractivity contribution in [3.63, 3.8) is 0 Å². The molecule has 2 aliphatic rings. The molecule has 6 heteroatoms. The van der Waals surface area contributed by atoms with E-state index in [9.17, 15) is 19.7 Å². The van der Waals surface area contributed by atoms with Gasteiger partial charge in [0.2, 0.25) is 6.04 Å². The molecule has 1 N–H and O–H groups in total. The van der Waals surface area contributed by atoms with Crippen molar-refractivity contribution in [2.45, 2.75) is 51.5 Å². The van der Waals surface area contributed by atoms with Gasteiger partial charge in [-0.3, -0.25) is 14.9 Å². The van der Waals surface area contributed by atoms with Crippen molar-refractivity contribution in [2.75, 3.05) is 0 Å². The summed E-state index contributed by atoms with van der Waals surface area (Å²) in [6.45, 7) is 2.20. The zero-order valence-corrected chi connectivity index (χ0v) is 13.3. The first-order valence-electron chi connectivity index (χ1n) is 7.80. The molecule has 0 bridgehead atoms. The van der Waals surface area contributed by atoms with Gasteiger partial charge in [-0.05, 0) is 37.2 Å². The molecule has 0 saturated heterocycles. The highest BCUT2D eigenvalue weighted by molar-refractivity contribution is 5.80. The lowest BCUT2D eigenvalue weighted by molar-refractivity contribution is -0.523. The van der Waals surface area contributed by atoms with Crippen LogP contribution in [-0.2, 0) is 9.59 Å². The van der Waals surface area contributed by atoms with Gasteiger partial charge in [-0.1, -0.05) is 30.7 Å². The normalized spacial score (nSPS) is 24.0. The van der Waals surface area contributed by atoms with E-state index in [0.29, 0.717) is 37.0 Å². The summed E-state index contributed by atoms with van der Waals surface area (Å²) < 4.78 is 0. The number of allylic oxidation sites excluding steroid dienone is 4. The summed E-state index contributed by atoms with van der Waals surface area (Å²) in [6, 6.07) is -0.541. The quantitative estimate of drug-likeness (QED) is 0.371. The molecule has 2 rings (SSSR count). The molecule has 2 atom stereocenters. The number of nitro groups is 1. The third kappa shape index (κ3) is 7.54. The van der Waals surface area contributed by atoms with Crippen LogP contribution in [0, 0.1) is 16.0 Å². The van der Waals surface area contributed by atoms with Gasteiger partial charge >= 0.3 is 5.97 Å². The van der Waals surface area contributed by atoms with Crippen molar-refractivity contribution in [2.24, 2.45) is 5.92 Å². The Morgan fingerprint density at radius 3 is 2.48 bits per heavy atom. The van der Waals surface area contributed by atoms with Gasteiger partial charge in [-0.15, -0.1) is 0 Å². The highest BCUT2D eigenvalue weighted by Gasteiger charge is 2.23. The lowest BCUT2D eigenvalue weighted by Gasteiger charge is -2.16. The monoisotopic (exact) mass is 321 g/mol. The average molecular weight is 321 g/mol. The molecule has 0 aromatic carbocycles. The molecule has 0 aliphatic heterocycles. The molecule has 0 aromatic rings. The van der Waals surface area contributed by atoms with Crippen LogP contribution in [0.5, 0.6) is 0 Å². The van der Waals surface area contributed by atoms with Crippen LogP contribution in [0.25, 0.3) is 0 Å². The summed E-state index contributed by atoms with van der Waals surface area (Å²) in [5.41, 5.74) is 1.73. The van der Waals surface area contributed by atoms with Crippen LogP contribution in [0.1, 0.15) is 45.4 Å². The molecule has 0 aromatic heterocycles. The number of carboxylic acids is 1. The number of hydrogen-bond acceptors (Lipinski definition) is 4. The zero-order valence-electron chi connectivity index (χ0n) is 13.3. The smallest absolute Gasteiger partial charge is 0.328 e. The summed E-state index contributed by atoms with van der Waals surface area (Å²) in [5, 5.41) is 18.7. The lowest BCUT2D eigenvalue weighted by atomic mass is 9.90. The standard InChI is InChI=1S/C10H14O2.C7H9NO3/c1-8-3-2-4-9(7-8)5-6-10(11)12;9-5-6-2-1-3-7(4-6)8(10)11/h4-6,8H,2-3,7H2,1H3,(H,11,12);2,5,7H,1,3-4H2/b6-5+;. The summed E-state index contributed by atoms with van der Waals surface area (Å²) >= 11 is 0. The first-order chi connectivity index (χ1) is 10.9. The van der Waals surface area contributed by atoms with Crippen molar-refractivity contribution in [1.29, 1.82) is 0 Å². The van der Waals surface area contributed by atoms with Crippen molar-refractivity contribution in [3.8, 4) is 0 Å². The maximum absolute atomic E-state index is 10.3. The molecule has 2 aliphatic carbocycles. The van der Waals surface area contributed by atoms with Gasteiger partial charge < -0.3 is 5.11 Å². The Morgan fingerprint density at radius 2 is 1.91 bits per heavy atom. The van der Waals surface area contributed by atoms with Crippen molar-refractivity contribution < 1.29 is 19.6 Å². The number of hydrogen-bond donors (Lipinski definition) is 1. The number of carbonyl (C=O) groups excluding carboxylic acids is 1. The van der Waals surface area contributed by atoms with Gasteiger partial charge in [0.05, 0.1) is 0 Å². The van der Waals surface area contributed by atoms with E-state index in [1.807, 2.05) is 0 Å². The van der Waals surface area contributed by atoms with E-state index in [1.54, 1.807) is 12.2 Å². The fourth-order valence-electron chi connectivity index (χ4n) is 2.65. The minimum atomic E-state index is -0.867. The average Bonchev–Trinajstić information content (AvgIpc) is 2.53. The van der Waals surface area contributed by atoms with Gasteiger partial charge in [-0.2, -0.15) is 0 Å². The summed E-state index contributed by atoms with van der Waals surface area (Å²) in [6.07, 6.45) is 12.4. The Labute approximate surface area is 135 Å². The van der Waals surface area contributed by atoms with Crippen molar-refractivity contribution in [1.82, 2.24) is 0 Å². The van der Waals surface area contributed by atoms with Gasteiger partial charge in [0.15, 0.2) is 0 Å². The number of aliphatic carboxylic acids is 1. The fraction of sp³-hybridized carbons (Fsp3) is 0.529. The molecular formula is C17H23NO5. The highest BCUT2D eigenvalue weighted by Crippen LogP contribution is 2.23. The minimum absolute atomic E-state index is 0.302. The second-order valence-corrected chi connectivity index (χ2v) is 5.95. The molecule has 23 heavy (non-hydrogen) atoms. The number of aldehydes is 1. The topological polar surface area (TPSA) is 97.5 Å². The van der Waals surface area contributed by atoms with Crippen LogP contribution in [-0.4, -0.2) is 28.3 Å². The summed E-state index contributed by atoms with van der Waals surface area (Å²) in [7, 11) is 0. The van der Waals surface area contributed by atoms with E-state index in [4.69, 9.17) is 5.11 Å². The third-order valence-corrected chi connectivity index (χ3v) is 3.92. The molecule has 126 valence electrons. The first-order valence-corrected chi connectivity index (χ1v) is 7.80. The largest absolute Gasteiger partial charge is 0.478 e. The SMILES string of the molecule is CC1CCC=C(/C=C/C(=O)O)C1.O=CC1=CCCC([N+](=O)[O-])C1. The fourth-order valence-corrected chi connectivity index (χ4v) is 2.65. The highest BCUT2D eigenvalue weighted by atomic mass is 16.6. The Balaban J connectivity index is 0.000000231. The van der Waals surface area contributed by atoms with E-state index >= 15 is 0 Å². The van der Waals surface area contributed by atoms with Gasteiger partial charge in [0, 0.05) is 23.8 Å².